The number of aryl methyl sites for hydroxylation is 1. The lowest BCUT2D eigenvalue weighted by molar-refractivity contribution is 0.0601. The summed E-state index contributed by atoms with van der Waals surface area (Å²) in [5.41, 5.74) is 3.20. The molecule has 1 N–H and O–H groups in total. The zero-order valence-electron chi connectivity index (χ0n) is 12.3. The molecule has 0 aliphatic rings. The third kappa shape index (κ3) is 2.74. The molecular formula is C17H15N3O2. The predicted octanol–water partition coefficient (Wildman–Crippen LogP) is 3.47. The molecule has 0 aliphatic heterocycles. The van der Waals surface area contributed by atoms with Crippen LogP contribution in [0.15, 0.2) is 48.7 Å². The number of carbonyl (C=O) groups excluding carboxylic acids is 1. The van der Waals surface area contributed by atoms with Gasteiger partial charge in [0.05, 0.1) is 18.2 Å². The summed E-state index contributed by atoms with van der Waals surface area (Å²) in [5.74, 6) is 0.114. The fourth-order valence-corrected chi connectivity index (χ4v) is 2.24. The van der Waals surface area contributed by atoms with Crippen molar-refractivity contribution in [2.75, 3.05) is 12.4 Å². The summed E-state index contributed by atoms with van der Waals surface area (Å²) < 4.78 is 4.72. The molecule has 0 bridgehead atoms. The molecule has 0 saturated carbocycles. The number of hydrogen-bond acceptors (Lipinski definition) is 5. The fraction of sp³-hybridized carbons (Fsp3) is 0.118. The van der Waals surface area contributed by atoms with Crippen LogP contribution in [0.5, 0.6) is 0 Å². The van der Waals surface area contributed by atoms with Crippen molar-refractivity contribution in [3.63, 3.8) is 0 Å². The highest BCUT2D eigenvalue weighted by Gasteiger charge is 2.07. The summed E-state index contributed by atoms with van der Waals surface area (Å²) in [6, 6.07) is 13.0. The molecule has 5 nitrogen and oxygen atoms in total. The number of benzene rings is 2. The van der Waals surface area contributed by atoms with E-state index in [9.17, 15) is 4.79 Å². The van der Waals surface area contributed by atoms with Crippen LogP contribution < -0.4 is 5.32 Å². The van der Waals surface area contributed by atoms with Gasteiger partial charge < -0.3 is 10.1 Å². The van der Waals surface area contributed by atoms with Gasteiger partial charge in [-0.25, -0.2) is 14.8 Å². The summed E-state index contributed by atoms with van der Waals surface area (Å²) >= 11 is 0. The number of methoxy groups -OCH3 is 1. The zero-order valence-corrected chi connectivity index (χ0v) is 12.3. The van der Waals surface area contributed by atoms with Crippen LogP contribution in [0, 0.1) is 6.92 Å². The predicted molar refractivity (Wildman–Crippen MR) is 85.3 cm³/mol. The molecule has 0 fully saturated rings. The van der Waals surface area contributed by atoms with E-state index in [4.69, 9.17) is 4.74 Å². The SMILES string of the molecule is COC(=O)c1cccc(Nc2ncc3cccc(C)c3n2)c1. The van der Waals surface area contributed by atoms with E-state index in [-0.39, 0.29) is 5.97 Å². The number of carbonyl (C=O) groups is 1. The van der Waals surface area contributed by atoms with Crippen molar-refractivity contribution in [1.82, 2.24) is 9.97 Å². The topological polar surface area (TPSA) is 64.1 Å². The minimum atomic E-state index is -0.376. The Labute approximate surface area is 128 Å². The fourth-order valence-electron chi connectivity index (χ4n) is 2.24. The average Bonchev–Trinajstić information content (AvgIpc) is 2.55. The molecule has 110 valence electrons. The molecule has 0 unspecified atom stereocenters. The molecule has 0 atom stereocenters. The van der Waals surface area contributed by atoms with Gasteiger partial charge in [-0.15, -0.1) is 0 Å². The summed E-state index contributed by atoms with van der Waals surface area (Å²) in [4.78, 5) is 20.4. The van der Waals surface area contributed by atoms with Crippen molar-refractivity contribution < 1.29 is 9.53 Å². The minimum Gasteiger partial charge on any atom is -0.465 e. The molecule has 0 amide bonds. The Balaban J connectivity index is 1.93. The Morgan fingerprint density at radius 3 is 2.82 bits per heavy atom. The van der Waals surface area contributed by atoms with E-state index in [0.29, 0.717) is 11.5 Å². The third-order valence-electron chi connectivity index (χ3n) is 3.35. The van der Waals surface area contributed by atoms with Crippen molar-refractivity contribution in [1.29, 1.82) is 0 Å². The first-order chi connectivity index (χ1) is 10.7. The number of fused-ring (bicyclic) bond motifs is 1. The van der Waals surface area contributed by atoms with Gasteiger partial charge in [0.2, 0.25) is 5.95 Å². The van der Waals surface area contributed by atoms with E-state index in [1.165, 1.54) is 7.11 Å². The van der Waals surface area contributed by atoms with E-state index in [1.54, 1.807) is 24.4 Å². The van der Waals surface area contributed by atoms with E-state index in [1.807, 2.05) is 31.2 Å². The smallest absolute Gasteiger partial charge is 0.337 e. The van der Waals surface area contributed by atoms with Crippen molar-refractivity contribution in [3.05, 3.63) is 59.8 Å². The summed E-state index contributed by atoms with van der Waals surface area (Å²) in [5, 5.41) is 4.11. The van der Waals surface area contributed by atoms with Crippen LogP contribution in [0.3, 0.4) is 0 Å². The Morgan fingerprint density at radius 1 is 1.18 bits per heavy atom. The first kappa shape index (κ1) is 14.0. The standard InChI is InChI=1S/C17H15N3O2/c1-11-5-3-7-13-10-18-17(20-15(11)13)19-14-8-4-6-12(9-14)16(21)22-2/h3-10H,1-2H3,(H,18,19,20). The maximum atomic E-state index is 11.6. The zero-order chi connectivity index (χ0) is 15.5. The number of rotatable bonds is 3. The van der Waals surface area contributed by atoms with Crippen LogP contribution in [-0.2, 0) is 4.74 Å². The number of hydrogen-bond donors (Lipinski definition) is 1. The summed E-state index contributed by atoms with van der Waals surface area (Å²) in [6.07, 6.45) is 1.78. The minimum absolute atomic E-state index is 0.376. The van der Waals surface area contributed by atoms with Gasteiger partial charge in [-0.3, -0.25) is 0 Å². The van der Waals surface area contributed by atoms with Crippen molar-refractivity contribution in [3.8, 4) is 0 Å². The normalized spacial score (nSPS) is 10.5. The van der Waals surface area contributed by atoms with Gasteiger partial charge in [0.15, 0.2) is 0 Å². The molecule has 1 heterocycles. The first-order valence-corrected chi connectivity index (χ1v) is 6.85. The van der Waals surface area contributed by atoms with E-state index in [0.717, 1.165) is 22.2 Å². The molecule has 0 aliphatic carbocycles. The highest BCUT2D eigenvalue weighted by atomic mass is 16.5. The molecule has 1 aromatic heterocycles. The number of esters is 1. The largest absolute Gasteiger partial charge is 0.465 e. The maximum Gasteiger partial charge on any atom is 0.337 e. The van der Waals surface area contributed by atoms with Crippen LogP contribution in [0.2, 0.25) is 0 Å². The highest BCUT2D eigenvalue weighted by molar-refractivity contribution is 5.90. The van der Waals surface area contributed by atoms with Gasteiger partial charge in [-0.2, -0.15) is 0 Å². The second-order valence-electron chi connectivity index (χ2n) is 4.90. The van der Waals surface area contributed by atoms with Crippen LogP contribution in [0.4, 0.5) is 11.6 Å². The highest BCUT2D eigenvalue weighted by Crippen LogP contribution is 2.19. The number of nitrogens with one attached hydrogen (secondary N) is 1. The van der Waals surface area contributed by atoms with Gasteiger partial charge in [-0.1, -0.05) is 24.3 Å². The van der Waals surface area contributed by atoms with Crippen LogP contribution in [0.25, 0.3) is 10.9 Å². The molecule has 0 radical (unpaired) electrons. The second kappa shape index (κ2) is 5.81. The van der Waals surface area contributed by atoms with Gasteiger partial charge in [0.25, 0.3) is 0 Å². The number of nitrogens with zero attached hydrogens (tertiary/aromatic N) is 2. The van der Waals surface area contributed by atoms with Crippen LogP contribution in [-0.4, -0.2) is 23.0 Å². The van der Waals surface area contributed by atoms with Gasteiger partial charge in [0, 0.05) is 17.3 Å². The number of aromatic nitrogens is 2. The van der Waals surface area contributed by atoms with Gasteiger partial charge in [-0.05, 0) is 30.7 Å². The quantitative estimate of drug-likeness (QED) is 0.749. The Kier molecular flexibility index (Phi) is 3.70. The maximum absolute atomic E-state index is 11.6. The van der Waals surface area contributed by atoms with E-state index >= 15 is 0 Å². The number of anilines is 2. The lowest BCUT2D eigenvalue weighted by atomic mass is 10.1. The monoisotopic (exact) mass is 293 g/mol. The van der Waals surface area contributed by atoms with Gasteiger partial charge >= 0.3 is 5.97 Å². The molecule has 3 aromatic rings. The van der Waals surface area contributed by atoms with Crippen molar-refractivity contribution in [2.45, 2.75) is 6.92 Å². The van der Waals surface area contributed by atoms with Crippen molar-refractivity contribution in [2.24, 2.45) is 0 Å². The molecule has 5 heteroatoms. The average molecular weight is 293 g/mol. The van der Waals surface area contributed by atoms with Crippen LogP contribution in [0.1, 0.15) is 15.9 Å². The molecular weight excluding hydrogens is 278 g/mol. The Morgan fingerprint density at radius 2 is 2.00 bits per heavy atom. The molecule has 0 spiro atoms. The molecule has 2 aromatic carbocycles. The lowest BCUT2D eigenvalue weighted by Gasteiger charge is -2.08. The van der Waals surface area contributed by atoms with Crippen LogP contribution >= 0.6 is 0 Å². The Bertz CT molecular complexity index is 846. The summed E-state index contributed by atoms with van der Waals surface area (Å²) in [7, 11) is 1.36. The summed E-state index contributed by atoms with van der Waals surface area (Å²) in [6.45, 7) is 2.01. The van der Waals surface area contributed by atoms with Crippen molar-refractivity contribution >= 4 is 28.5 Å². The van der Waals surface area contributed by atoms with Gasteiger partial charge in [0.1, 0.15) is 0 Å². The number of ether oxygens (including phenoxy) is 1. The second-order valence-corrected chi connectivity index (χ2v) is 4.90. The van der Waals surface area contributed by atoms with E-state index in [2.05, 4.69) is 15.3 Å². The molecule has 0 saturated heterocycles. The van der Waals surface area contributed by atoms with E-state index < -0.39 is 0 Å². The number of para-hydroxylation sites is 1. The Hall–Kier alpha value is -2.95. The third-order valence-corrected chi connectivity index (χ3v) is 3.35. The lowest BCUT2D eigenvalue weighted by Crippen LogP contribution is -2.03. The first-order valence-electron chi connectivity index (χ1n) is 6.85. The molecule has 3 rings (SSSR count). The molecule has 22 heavy (non-hydrogen) atoms.